The number of aliphatic hydroxyl groups excluding tert-OH is 1. The summed E-state index contributed by atoms with van der Waals surface area (Å²) in [6, 6.07) is 0. The Bertz CT molecular complexity index is 1780. The highest BCUT2D eigenvalue weighted by atomic mass is 31.2. The predicted octanol–water partition coefficient (Wildman–Crippen LogP) is 20.1. The molecule has 0 aliphatic rings. The van der Waals surface area contributed by atoms with Crippen LogP contribution in [0.2, 0.25) is 0 Å². The molecule has 0 fully saturated rings. The van der Waals surface area contributed by atoms with E-state index in [0.29, 0.717) is 37.5 Å². The molecule has 0 radical (unpaired) electrons. The number of phosphoric acid groups is 2. The summed E-state index contributed by atoms with van der Waals surface area (Å²) in [5.41, 5.74) is 0. The van der Waals surface area contributed by atoms with Crippen LogP contribution in [0.5, 0.6) is 0 Å². The largest absolute Gasteiger partial charge is 0.472 e. The van der Waals surface area contributed by atoms with E-state index in [0.717, 1.165) is 115 Å². The van der Waals surface area contributed by atoms with Crippen molar-refractivity contribution in [3.63, 3.8) is 0 Å². The van der Waals surface area contributed by atoms with Gasteiger partial charge >= 0.3 is 39.5 Å². The highest BCUT2D eigenvalue weighted by Crippen LogP contribution is 2.45. The van der Waals surface area contributed by atoms with Crippen molar-refractivity contribution >= 4 is 39.5 Å². The summed E-state index contributed by atoms with van der Waals surface area (Å²) in [6.07, 6.45) is 43.3. The maximum absolute atomic E-state index is 13.0. The van der Waals surface area contributed by atoms with Gasteiger partial charge in [-0.05, 0) is 49.4 Å². The first-order chi connectivity index (χ1) is 43.1. The van der Waals surface area contributed by atoms with Crippen LogP contribution >= 0.6 is 15.6 Å². The second-order valence-corrected chi connectivity index (χ2v) is 30.4. The fraction of sp³-hybridized carbons (Fsp3) is 0.944. The summed E-state index contributed by atoms with van der Waals surface area (Å²) < 4.78 is 68.3. The molecule has 0 aromatic carbocycles. The van der Waals surface area contributed by atoms with Crippen LogP contribution in [0.25, 0.3) is 0 Å². The predicted molar refractivity (Wildman–Crippen MR) is 363 cm³/mol. The molecule has 0 saturated heterocycles. The first kappa shape index (κ1) is 88.1. The Kier molecular flexibility index (Phi) is 59.4. The molecule has 0 amide bonds. The fourth-order valence-corrected chi connectivity index (χ4v) is 12.2. The van der Waals surface area contributed by atoms with Crippen molar-refractivity contribution in [3.8, 4) is 0 Å². The zero-order valence-electron chi connectivity index (χ0n) is 58.8. The molecule has 2 unspecified atom stereocenters. The van der Waals surface area contributed by atoms with Crippen molar-refractivity contribution in [1.82, 2.24) is 0 Å². The van der Waals surface area contributed by atoms with E-state index in [1.54, 1.807) is 0 Å². The van der Waals surface area contributed by atoms with E-state index in [-0.39, 0.29) is 25.7 Å². The average Bonchev–Trinajstić information content (AvgIpc) is 3.64. The Hall–Kier alpha value is -1.94. The van der Waals surface area contributed by atoms with Crippen LogP contribution in [0.1, 0.15) is 351 Å². The monoisotopic (exact) mass is 1320 g/mol. The summed E-state index contributed by atoms with van der Waals surface area (Å²) in [4.78, 5) is 72.5. The number of carbonyl (C=O) groups is 4. The quantitative estimate of drug-likeness (QED) is 0.0222. The smallest absolute Gasteiger partial charge is 0.462 e. The van der Waals surface area contributed by atoms with Gasteiger partial charge < -0.3 is 33.8 Å². The van der Waals surface area contributed by atoms with Gasteiger partial charge in [-0.3, -0.25) is 37.3 Å². The van der Waals surface area contributed by atoms with Gasteiger partial charge in [0.05, 0.1) is 26.4 Å². The minimum Gasteiger partial charge on any atom is -0.462 e. The maximum atomic E-state index is 13.0. The van der Waals surface area contributed by atoms with E-state index in [1.165, 1.54) is 141 Å². The second kappa shape index (κ2) is 60.7. The van der Waals surface area contributed by atoms with Crippen LogP contribution in [0, 0.1) is 23.7 Å². The van der Waals surface area contributed by atoms with E-state index >= 15 is 0 Å². The highest BCUT2D eigenvalue weighted by Gasteiger charge is 2.30. The molecule has 0 rings (SSSR count). The normalized spacial score (nSPS) is 14.3. The number of carbonyl (C=O) groups excluding carboxylic acids is 4. The van der Waals surface area contributed by atoms with Crippen molar-refractivity contribution in [2.45, 2.75) is 369 Å². The molecule has 0 aromatic heterocycles. The zero-order chi connectivity index (χ0) is 66.8. The van der Waals surface area contributed by atoms with Gasteiger partial charge in [0.25, 0.3) is 0 Å². The van der Waals surface area contributed by atoms with Crippen molar-refractivity contribution in [3.05, 3.63) is 0 Å². The third-order valence-electron chi connectivity index (χ3n) is 16.3. The molecule has 19 heteroatoms. The summed E-state index contributed by atoms with van der Waals surface area (Å²) in [7, 11) is -9.90. The van der Waals surface area contributed by atoms with Gasteiger partial charge in [0.15, 0.2) is 12.2 Å². The van der Waals surface area contributed by atoms with Crippen LogP contribution < -0.4 is 0 Å². The highest BCUT2D eigenvalue weighted by molar-refractivity contribution is 7.47. The lowest BCUT2D eigenvalue weighted by atomic mass is 10.0. The molecule has 0 spiro atoms. The van der Waals surface area contributed by atoms with Crippen molar-refractivity contribution in [2.24, 2.45) is 23.7 Å². The third kappa shape index (κ3) is 64.8. The molecular formula is C71H138O17P2. The summed E-state index contributed by atoms with van der Waals surface area (Å²) in [5, 5.41) is 10.6. The SMILES string of the molecule is CC(C)CCCCCCCCCCCCCCCC(=O)O[C@H](COC(=O)CCCCCCCCC(C)C)COP(=O)(O)OC[C@H](O)COP(=O)(O)OC[C@@H](COC(=O)CCCCCCCCCC(C)C)OC(=O)CCCCCCCCCCCCCCC(C)C. The molecule has 0 aromatic rings. The van der Waals surface area contributed by atoms with Crippen LogP contribution in [-0.4, -0.2) is 96.7 Å². The number of rotatable bonds is 68. The Morgan fingerprint density at radius 1 is 0.278 bits per heavy atom. The van der Waals surface area contributed by atoms with E-state index in [4.69, 9.17) is 37.0 Å². The number of ether oxygens (including phenoxy) is 4. The lowest BCUT2D eigenvalue weighted by Gasteiger charge is -2.21. The summed E-state index contributed by atoms with van der Waals surface area (Å²) in [6.45, 7) is 14.0. The molecule has 0 aliphatic heterocycles. The maximum Gasteiger partial charge on any atom is 0.472 e. The van der Waals surface area contributed by atoms with Gasteiger partial charge in [0.2, 0.25) is 0 Å². The topological polar surface area (TPSA) is 237 Å². The molecule has 0 saturated carbocycles. The number of hydrogen-bond acceptors (Lipinski definition) is 15. The molecule has 0 bridgehead atoms. The lowest BCUT2D eigenvalue weighted by Crippen LogP contribution is -2.30. The first-order valence-corrected chi connectivity index (χ1v) is 39.7. The molecule has 0 aliphatic carbocycles. The van der Waals surface area contributed by atoms with E-state index in [1.807, 2.05) is 0 Å². The minimum absolute atomic E-state index is 0.105. The molecule has 0 heterocycles. The van der Waals surface area contributed by atoms with Gasteiger partial charge in [-0.25, -0.2) is 9.13 Å². The Morgan fingerprint density at radius 2 is 0.467 bits per heavy atom. The van der Waals surface area contributed by atoms with E-state index in [2.05, 4.69) is 55.4 Å². The first-order valence-electron chi connectivity index (χ1n) is 36.7. The molecule has 90 heavy (non-hydrogen) atoms. The Balaban J connectivity index is 5.22. The van der Waals surface area contributed by atoms with Crippen molar-refractivity contribution in [2.75, 3.05) is 39.6 Å². The molecular weight excluding hydrogens is 1190 g/mol. The van der Waals surface area contributed by atoms with Gasteiger partial charge in [-0.2, -0.15) is 0 Å². The van der Waals surface area contributed by atoms with Crippen LogP contribution in [0.15, 0.2) is 0 Å². The van der Waals surface area contributed by atoms with E-state index < -0.39 is 97.5 Å². The molecule has 5 atom stereocenters. The van der Waals surface area contributed by atoms with E-state index in [9.17, 15) is 43.2 Å². The number of aliphatic hydroxyl groups is 1. The Morgan fingerprint density at radius 3 is 0.689 bits per heavy atom. The number of hydrogen-bond donors (Lipinski definition) is 3. The Labute approximate surface area is 549 Å². The number of esters is 4. The van der Waals surface area contributed by atoms with Crippen molar-refractivity contribution in [1.29, 1.82) is 0 Å². The van der Waals surface area contributed by atoms with Gasteiger partial charge in [0, 0.05) is 25.7 Å². The third-order valence-corrected chi connectivity index (χ3v) is 18.2. The standard InChI is InChI=1S/C71H138O17P2/c1-61(2)47-39-31-23-18-14-10-9-11-16-20-26-37-45-53-71(76)88-67(58-82-69(74)52-44-36-30-29-34-42-50-64(7)8)60-86-90(79,80)84-56-65(72)55-83-89(77,78)85-59-66(57-81-68(73)51-43-35-28-22-25-33-41-49-63(5)6)87-70(75)54-46-38-27-21-17-13-12-15-19-24-32-40-48-62(3)4/h61-67,72H,9-60H2,1-8H3,(H,77,78)(H,79,80)/t65-,66-,67-/m1/s1. The molecule has 17 nitrogen and oxygen atoms in total. The minimum atomic E-state index is -4.95. The summed E-state index contributed by atoms with van der Waals surface area (Å²) >= 11 is 0. The van der Waals surface area contributed by atoms with Gasteiger partial charge in [0.1, 0.15) is 19.3 Å². The molecule has 534 valence electrons. The lowest BCUT2D eigenvalue weighted by molar-refractivity contribution is -0.161. The number of phosphoric ester groups is 2. The second-order valence-electron chi connectivity index (χ2n) is 27.5. The average molecular weight is 1330 g/mol. The van der Waals surface area contributed by atoms with Crippen LogP contribution in [0.3, 0.4) is 0 Å². The number of unbranched alkanes of at least 4 members (excludes halogenated alkanes) is 34. The summed E-state index contributed by atoms with van der Waals surface area (Å²) in [5.74, 6) is 0.818. The fourth-order valence-electron chi connectivity index (χ4n) is 10.7. The van der Waals surface area contributed by atoms with Gasteiger partial charge in [-0.1, -0.05) is 299 Å². The van der Waals surface area contributed by atoms with Gasteiger partial charge in [-0.15, -0.1) is 0 Å². The zero-order valence-corrected chi connectivity index (χ0v) is 60.6. The van der Waals surface area contributed by atoms with Crippen LogP contribution in [-0.2, 0) is 65.4 Å². The van der Waals surface area contributed by atoms with Crippen molar-refractivity contribution < 1.29 is 80.2 Å². The molecule has 3 N–H and O–H groups in total. The van der Waals surface area contributed by atoms with Crippen LogP contribution in [0.4, 0.5) is 0 Å².